The molecule has 0 saturated carbocycles. The number of ketones is 1. The lowest BCUT2D eigenvalue weighted by Gasteiger charge is -2.11. The summed E-state index contributed by atoms with van der Waals surface area (Å²) in [4.78, 5) is 12.6. The molecule has 1 aromatic heterocycles. The number of benzene rings is 2. The Morgan fingerprint density at radius 3 is 2.54 bits per heavy atom. The van der Waals surface area contributed by atoms with E-state index in [2.05, 4.69) is 10.2 Å². The molecule has 7 heteroatoms. The second kappa shape index (κ2) is 7.38. The quantitative estimate of drug-likeness (QED) is 0.466. The van der Waals surface area contributed by atoms with Gasteiger partial charge in [0, 0.05) is 15.6 Å². The van der Waals surface area contributed by atoms with Crippen LogP contribution in [0.3, 0.4) is 0 Å². The minimum absolute atomic E-state index is 0.0110. The summed E-state index contributed by atoms with van der Waals surface area (Å²) in [6, 6.07) is 14.3. The summed E-state index contributed by atoms with van der Waals surface area (Å²) < 4.78 is 1.80. The standard InChI is InChI=1S/C17H13Cl2N3OS/c1-11(16(23)12-4-2-5-13(18)8-12)24-17-21-20-10-22(17)15-7-3-6-14(19)9-15/h2-11H,1H3. The van der Waals surface area contributed by atoms with Crippen molar-refractivity contribution in [1.29, 1.82) is 0 Å². The van der Waals surface area contributed by atoms with Crippen LogP contribution in [0.1, 0.15) is 17.3 Å². The highest BCUT2D eigenvalue weighted by Gasteiger charge is 2.20. The number of aromatic nitrogens is 3. The van der Waals surface area contributed by atoms with Crippen LogP contribution < -0.4 is 0 Å². The Labute approximate surface area is 153 Å². The van der Waals surface area contributed by atoms with Crippen molar-refractivity contribution in [3.63, 3.8) is 0 Å². The molecule has 1 unspecified atom stereocenters. The van der Waals surface area contributed by atoms with Gasteiger partial charge in [-0.05, 0) is 37.3 Å². The molecule has 1 atom stereocenters. The van der Waals surface area contributed by atoms with Crippen LogP contribution in [-0.2, 0) is 0 Å². The molecule has 122 valence electrons. The van der Waals surface area contributed by atoms with Crippen molar-refractivity contribution in [2.75, 3.05) is 0 Å². The minimum Gasteiger partial charge on any atom is -0.293 e. The molecule has 2 aromatic carbocycles. The molecule has 0 aliphatic carbocycles. The van der Waals surface area contributed by atoms with Crippen LogP contribution in [0.5, 0.6) is 0 Å². The van der Waals surface area contributed by atoms with Gasteiger partial charge in [0.1, 0.15) is 6.33 Å². The lowest BCUT2D eigenvalue weighted by molar-refractivity contribution is 0.0994. The average molecular weight is 378 g/mol. The first-order valence-electron chi connectivity index (χ1n) is 7.17. The molecule has 0 aliphatic rings. The van der Waals surface area contributed by atoms with E-state index in [1.54, 1.807) is 41.2 Å². The third-order valence-electron chi connectivity index (χ3n) is 3.36. The van der Waals surface area contributed by atoms with Gasteiger partial charge in [-0.15, -0.1) is 10.2 Å². The Bertz CT molecular complexity index is 882. The maximum atomic E-state index is 12.6. The minimum atomic E-state index is -0.328. The molecule has 1 heterocycles. The van der Waals surface area contributed by atoms with Crippen LogP contribution in [0.25, 0.3) is 5.69 Å². The Balaban J connectivity index is 1.82. The van der Waals surface area contributed by atoms with Crippen LogP contribution in [0.2, 0.25) is 10.0 Å². The molecular weight excluding hydrogens is 365 g/mol. The van der Waals surface area contributed by atoms with Crippen molar-refractivity contribution in [3.8, 4) is 5.69 Å². The molecule has 4 nitrogen and oxygen atoms in total. The Kier molecular flexibility index (Phi) is 5.23. The van der Waals surface area contributed by atoms with Crippen molar-refractivity contribution < 1.29 is 4.79 Å². The molecule has 0 aliphatic heterocycles. The molecular formula is C17H13Cl2N3OS. The highest BCUT2D eigenvalue weighted by atomic mass is 35.5. The fourth-order valence-corrected chi connectivity index (χ4v) is 3.49. The summed E-state index contributed by atoms with van der Waals surface area (Å²) in [5.41, 5.74) is 1.42. The van der Waals surface area contributed by atoms with Gasteiger partial charge >= 0.3 is 0 Å². The Morgan fingerprint density at radius 2 is 1.83 bits per heavy atom. The molecule has 3 rings (SSSR count). The normalized spacial score (nSPS) is 12.1. The van der Waals surface area contributed by atoms with Gasteiger partial charge in [0.2, 0.25) is 0 Å². The smallest absolute Gasteiger partial charge is 0.196 e. The van der Waals surface area contributed by atoms with E-state index in [0.717, 1.165) is 5.69 Å². The topological polar surface area (TPSA) is 47.8 Å². The van der Waals surface area contributed by atoms with Crippen LogP contribution in [-0.4, -0.2) is 25.8 Å². The number of hydrogen-bond acceptors (Lipinski definition) is 4. The van der Waals surface area contributed by atoms with Crippen LogP contribution in [0.15, 0.2) is 60.0 Å². The second-order valence-corrected chi connectivity index (χ2v) is 7.28. The van der Waals surface area contributed by atoms with Gasteiger partial charge in [-0.3, -0.25) is 9.36 Å². The lowest BCUT2D eigenvalue weighted by atomic mass is 10.1. The fourth-order valence-electron chi connectivity index (χ4n) is 2.20. The second-order valence-electron chi connectivity index (χ2n) is 5.10. The van der Waals surface area contributed by atoms with E-state index in [9.17, 15) is 4.79 Å². The molecule has 0 spiro atoms. The molecule has 0 amide bonds. The number of thioether (sulfide) groups is 1. The first kappa shape index (κ1) is 17.0. The van der Waals surface area contributed by atoms with Gasteiger partial charge in [0.25, 0.3) is 0 Å². The van der Waals surface area contributed by atoms with Crippen molar-refractivity contribution in [2.45, 2.75) is 17.3 Å². The summed E-state index contributed by atoms with van der Waals surface area (Å²) >= 11 is 13.3. The molecule has 24 heavy (non-hydrogen) atoms. The van der Waals surface area contributed by atoms with Gasteiger partial charge in [-0.2, -0.15) is 0 Å². The monoisotopic (exact) mass is 377 g/mol. The predicted molar refractivity (Wildman–Crippen MR) is 97.5 cm³/mol. The van der Waals surface area contributed by atoms with Crippen LogP contribution in [0, 0.1) is 0 Å². The van der Waals surface area contributed by atoms with Crippen molar-refractivity contribution in [1.82, 2.24) is 14.8 Å². The number of hydrogen-bond donors (Lipinski definition) is 0. The zero-order chi connectivity index (χ0) is 17.1. The van der Waals surface area contributed by atoms with E-state index >= 15 is 0 Å². The molecule has 0 bridgehead atoms. The van der Waals surface area contributed by atoms with Crippen LogP contribution in [0.4, 0.5) is 0 Å². The summed E-state index contributed by atoms with van der Waals surface area (Å²) in [7, 11) is 0. The zero-order valence-electron chi connectivity index (χ0n) is 12.7. The summed E-state index contributed by atoms with van der Waals surface area (Å²) in [5.74, 6) is -0.0110. The van der Waals surface area contributed by atoms with Crippen LogP contribution >= 0.6 is 35.0 Å². The summed E-state index contributed by atoms with van der Waals surface area (Å²) in [6.07, 6.45) is 1.60. The fraction of sp³-hybridized carbons (Fsp3) is 0.118. The number of halogens is 2. The van der Waals surface area contributed by atoms with Crippen molar-refractivity contribution in [3.05, 3.63) is 70.5 Å². The number of carbonyl (C=O) groups is 1. The SMILES string of the molecule is CC(Sc1nncn1-c1cccc(Cl)c1)C(=O)c1cccc(Cl)c1. The number of Topliss-reactive ketones (excluding diaryl/α,β-unsaturated/α-hetero) is 1. The van der Waals surface area contributed by atoms with Gasteiger partial charge in [-0.1, -0.05) is 53.2 Å². The summed E-state index contributed by atoms with van der Waals surface area (Å²) in [6.45, 7) is 1.84. The molecule has 0 saturated heterocycles. The predicted octanol–water partition coefficient (Wildman–Crippen LogP) is 4.94. The third-order valence-corrected chi connectivity index (χ3v) is 4.89. The van der Waals surface area contributed by atoms with E-state index in [4.69, 9.17) is 23.2 Å². The lowest BCUT2D eigenvalue weighted by Crippen LogP contribution is -2.14. The van der Waals surface area contributed by atoms with Crippen molar-refractivity contribution in [2.24, 2.45) is 0 Å². The third kappa shape index (κ3) is 3.80. The van der Waals surface area contributed by atoms with Gasteiger partial charge < -0.3 is 0 Å². The average Bonchev–Trinajstić information content (AvgIpc) is 3.02. The zero-order valence-corrected chi connectivity index (χ0v) is 15.0. The van der Waals surface area contributed by atoms with E-state index in [0.29, 0.717) is 20.8 Å². The molecule has 3 aromatic rings. The first-order valence-corrected chi connectivity index (χ1v) is 8.80. The van der Waals surface area contributed by atoms with Gasteiger partial charge in [0.05, 0.1) is 10.9 Å². The number of nitrogens with zero attached hydrogens (tertiary/aromatic N) is 3. The molecule has 0 fully saturated rings. The highest BCUT2D eigenvalue weighted by Crippen LogP contribution is 2.27. The highest BCUT2D eigenvalue weighted by molar-refractivity contribution is 8.00. The van der Waals surface area contributed by atoms with E-state index < -0.39 is 0 Å². The maximum Gasteiger partial charge on any atom is 0.196 e. The molecule has 0 radical (unpaired) electrons. The number of rotatable bonds is 5. The largest absolute Gasteiger partial charge is 0.293 e. The summed E-state index contributed by atoms with van der Waals surface area (Å²) in [5, 5.41) is 9.52. The van der Waals surface area contributed by atoms with E-state index in [1.807, 2.05) is 25.1 Å². The Hall–Kier alpha value is -1.82. The number of carbonyl (C=O) groups excluding carboxylic acids is 1. The Morgan fingerprint density at radius 1 is 1.12 bits per heavy atom. The van der Waals surface area contributed by atoms with Gasteiger partial charge in [0.15, 0.2) is 10.9 Å². The van der Waals surface area contributed by atoms with E-state index in [-0.39, 0.29) is 11.0 Å². The molecule has 0 N–H and O–H groups in total. The van der Waals surface area contributed by atoms with Crippen molar-refractivity contribution >= 4 is 40.7 Å². The van der Waals surface area contributed by atoms with E-state index in [1.165, 1.54) is 11.8 Å². The van der Waals surface area contributed by atoms with Gasteiger partial charge in [-0.25, -0.2) is 0 Å². The first-order chi connectivity index (χ1) is 11.5. The maximum absolute atomic E-state index is 12.6.